The highest BCUT2D eigenvalue weighted by atomic mass is 15.2. The van der Waals surface area contributed by atoms with Gasteiger partial charge in [0, 0.05) is 19.8 Å². The van der Waals surface area contributed by atoms with E-state index in [4.69, 9.17) is 0 Å². The van der Waals surface area contributed by atoms with Gasteiger partial charge in [0.1, 0.15) is 0 Å². The van der Waals surface area contributed by atoms with Crippen LogP contribution in [0, 0.1) is 12.8 Å². The number of aryl methyl sites for hydroxylation is 2. The third-order valence-electron chi connectivity index (χ3n) is 3.74. The van der Waals surface area contributed by atoms with E-state index in [-0.39, 0.29) is 0 Å². The Kier molecular flexibility index (Phi) is 4.05. The van der Waals surface area contributed by atoms with E-state index in [1.165, 1.54) is 32.4 Å². The number of hydrogen-bond donors (Lipinski definition) is 1. The molecule has 1 saturated heterocycles. The van der Waals surface area contributed by atoms with Gasteiger partial charge in [-0.3, -0.25) is 0 Å². The second-order valence-electron chi connectivity index (χ2n) is 5.18. The molecule has 0 radical (unpaired) electrons. The zero-order valence-corrected chi connectivity index (χ0v) is 11.2. The molecule has 0 aliphatic carbocycles. The quantitative estimate of drug-likeness (QED) is 0.867. The van der Waals surface area contributed by atoms with Crippen LogP contribution in [0.1, 0.15) is 25.0 Å². The highest BCUT2D eigenvalue weighted by Gasteiger charge is 2.16. The lowest BCUT2D eigenvalue weighted by Gasteiger charge is -2.29. The summed E-state index contributed by atoms with van der Waals surface area (Å²) in [6.45, 7) is 5.65. The van der Waals surface area contributed by atoms with Crippen LogP contribution < -0.4 is 5.32 Å². The van der Waals surface area contributed by atoms with Crippen LogP contribution in [0.2, 0.25) is 0 Å². The van der Waals surface area contributed by atoms with Crippen molar-refractivity contribution in [3.63, 3.8) is 0 Å². The van der Waals surface area contributed by atoms with E-state index in [0.29, 0.717) is 0 Å². The first-order valence-corrected chi connectivity index (χ1v) is 6.59. The molecule has 1 N–H and O–H groups in total. The largest absolute Gasteiger partial charge is 0.359 e. The van der Waals surface area contributed by atoms with Gasteiger partial charge in [-0.2, -0.15) is 0 Å². The molecular formula is C13H24N4. The van der Waals surface area contributed by atoms with E-state index in [1.807, 2.05) is 14.0 Å². The minimum atomic E-state index is 0.888. The van der Waals surface area contributed by atoms with Gasteiger partial charge >= 0.3 is 0 Å². The summed E-state index contributed by atoms with van der Waals surface area (Å²) in [7, 11) is 4.16. The summed E-state index contributed by atoms with van der Waals surface area (Å²) in [6, 6.07) is 0. The molecule has 1 aromatic rings. The first-order chi connectivity index (χ1) is 8.19. The third-order valence-corrected chi connectivity index (χ3v) is 3.74. The number of rotatable bonds is 4. The lowest BCUT2D eigenvalue weighted by Crippen LogP contribution is -2.30. The van der Waals surface area contributed by atoms with Gasteiger partial charge in [-0.15, -0.1) is 0 Å². The van der Waals surface area contributed by atoms with Crippen LogP contribution in [-0.4, -0.2) is 41.6 Å². The van der Waals surface area contributed by atoms with Gasteiger partial charge < -0.3 is 14.8 Å². The normalized spacial score (nSPS) is 18.5. The summed E-state index contributed by atoms with van der Waals surface area (Å²) < 4.78 is 2.24. The van der Waals surface area contributed by atoms with Gasteiger partial charge in [0.05, 0.1) is 5.69 Å². The van der Waals surface area contributed by atoms with Crippen molar-refractivity contribution in [2.24, 2.45) is 5.92 Å². The molecule has 0 unspecified atom stereocenters. The Hall–Kier alpha value is -1.03. The highest BCUT2D eigenvalue weighted by molar-refractivity contribution is 5.27. The number of likely N-dealkylation sites (tertiary alicyclic amines) is 1. The van der Waals surface area contributed by atoms with Crippen molar-refractivity contribution in [2.75, 3.05) is 32.5 Å². The van der Waals surface area contributed by atoms with Crippen molar-refractivity contribution in [1.29, 1.82) is 0 Å². The molecule has 0 amide bonds. The van der Waals surface area contributed by atoms with Crippen LogP contribution in [0.15, 0.2) is 6.20 Å². The maximum Gasteiger partial charge on any atom is 0.202 e. The zero-order chi connectivity index (χ0) is 12.3. The Morgan fingerprint density at radius 1 is 1.41 bits per heavy atom. The molecule has 4 heteroatoms. The van der Waals surface area contributed by atoms with Gasteiger partial charge in [-0.25, -0.2) is 4.98 Å². The molecule has 0 saturated carbocycles. The average molecular weight is 236 g/mol. The van der Waals surface area contributed by atoms with Crippen LogP contribution in [-0.2, 0) is 6.54 Å². The predicted octanol–water partition coefficient (Wildman–Crippen LogP) is 1.97. The fourth-order valence-electron chi connectivity index (χ4n) is 2.59. The molecule has 4 nitrogen and oxygen atoms in total. The second-order valence-corrected chi connectivity index (χ2v) is 5.18. The maximum atomic E-state index is 4.45. The Morgan fingerprint density at radius 3 is 2.76 bits per heavy atom. The summed E-state index contributed by atoms with van der Waals surface area (Å²) in [5.41, 5.74) is 1.10. The number of anilines is 1. The molecule has 0 aromatic carbocycles. The lowest BCUT2D eigenvalue weighted by molar-refractivity contribution is 0.208. The van der Waals surface area contributed by atoms with Crippen LogP contribution >= 0.6 is 0 Å². The van der Waals surface area contributed by atoms with Crippen LogP contribution in [0.25, 0.3) is 0 Å². The fraction of sp³-hybridized carbons (Fsp3) is 0.769. The third kappa shape index (κ3) is 3.22. The van der Waals surface area contributed by atoms with Gasteiger partial charge in [0.25, 0.3) is 0 Å². The number of nitrogens with zero attached hydrogens (tertiary/aromatic N) is 3. The Bertz CT molecular complexity index is 350. The minimum Gasteiger partial charge on any atom is -0.359 e. The summed E-state index contributed by atoms with van der Waals surface area (Å²) in [5.74, 6) is 1.88. The Balaban J connectivity index is 1.85. The average Bonchev–Trinajstić information content (AvgIpc) is 2.69. The Morgan fingerprint density at radius 2 is 2.12 bits per heavy atom. The van der Waals surface area contributed by atoms with E-state index in [0.717, 1.165) is 24.1 Å². The standard InChI is InChI=1S/C13H24N4/c1-11-10-17(13(14-2)15-11)9-6-12-4-7-16(3)8-5-12/h10,12H,4-9H2,1-3H3,(H,14,15). The van der Waals surface area contributed by atoms with Crippen molar-refractivity contribution in [3.05, 3.63) is 11.9 Å². The van der Waals surface area contributed by atoms with Crippen molar-refractivity contribution in [1.82, 2.24) is 14.5 Å². The van der Waals surface area contributed by atoms with Crippen LogP contribution in [0.4, 0.5) is 5.95 Å². The number of aromatic nitrogens is 2. The molecular weight excluding hydrogens is 212 g/mol. The fourth-order valence-corrected chi connectivity index (χ4v) is 2.59. The van der Waals surface area contributed by atoms with Crippen molar-refractivity contribution < 1.29 is 0 Å². The summed E-state index contributed by atoms with van der Waals surface area (Å²) in [5, 5.41) is 3.15. The summed E-state index contributed by atoms with van der Waals surface area (Å²) >= 11 is 0. The topological polar surface area (TPSA) is 33.1 Å². The highest BCUT2D eigenvalue weighted by Crippen LogP contribution is 2.21. The number of piperidine rings is 1. The van der Waals surface area contributed by atoms with Gasteiger partial charge in [0.2, 0.25) is 5.95 Å². The van der Waals surface area contributed by atoms with E-state index < -0.39 is 0 Å². The molecule has 2 rings (SSSR count). The van der Waals surface area contributed by atoms with Crippen LogP contribution in [0.3, 0.4) is 0 Å². The SMILES string of the molecule is CNc1nc(C)cn1CCC1CCN(C)CC1. The number of hydrogen-bond acceptors (Lipinski definition) is 3. The molecule has 96 valence electrons. The molecule has 2 heterocycles. The van der Waals surface area contributed by atoms with E-state index in [2.05, 4.69) is 33.0 Å². The first kappa shape index (κ1) is 12.4. The Labute approximate surface area is 104 Å². The van der Waals surface area contributed by atoms with Crippen LogP contribution in [0.5, 0.6) is 0 Å². The first-order valence-electron chi connectivity index (χ1n) is 6.59. The van der Waals surface area contributed by atoms with E-state index in [1.54, 1.807) is 0 Å². The number of nitrogens with one attached hydrogen (secondary N) is 1. The molecule has 1 aromatic heterocycles. The number of imidazole rings is 1. The molecule has 0 atom stereocenters. The van der Waals surface area contributed by atoms with Gasteiger partial charge in [-0.05, 0) is 52.2 Å². The summed E-state index contributed by atoms with van der Waals surface area (Å²) in [6.07, 6.45) is 6.11. The molecule has 1 fully saturated rings. The second kappa shape index (κ2) is 5.54. The lowest BCUT2D eigenvalue weighted by atomic mass is 9.94. The molecule has 1 aliphatic rings. The molecule has 0 bridgehead atoms. The minimum absolute atomic E-state index is 0.888. The van der Waals surface area contributed by atoms with E-state index in [9.17, 15) is 0 Å². The molecule has 1 aliphatic heterocycles. The van der Waals surface area contributed by atoms with Gasteiger partial charge in [-0.1, -0.05) is 0 Å². The zero-order valence-electron chi connectivity index (χ0n) is 11.2. The molecule has 17 heavy (non-hydrogen) atoms. The van der Waals surface area contributed by atoms with E-state index >= 15 is 0 Å². The maximum absolute atomic E-state index is 4.45. The van der Waals surface area contributed by atoms with Gasteiger partial charge in [0.15, 0.2) is 0 Å². The smallest absolute Gasteiger partial charge is 0.202 e. The van der Waals surface area contributed by atoms with Crippen molar-refractivity contribution in [3.8, 4) is 0 Å². The predicted molar refractivity (Wildman–Crippen MR) is 71.3 cm³/mol. The summed E-state index contributed by atoms with van der Waals surface area (Å²) in [4.78, 5) is 6.88. The van der Waals surface area contributed by atoms with Crippen molar-refractivity contribution in [2.45, 2.75) is 32.7 Å². The monoisotopic (exact) mass is 236 g/mol. The van der Waals surface area contributed by atoms with Crippen molar-refractivity contribution >= 4 is 5.95 Å². The molecule has 0 spiro atoms.